The first-order valence-corrected chi connectivity index (χ1v) is 8.57. The van der Waals surface area contributed by atoms with Gasteiger partial charge in [-0.3, -0.25) is 4.79 Å². The van der Waals surface area contributed by atoms with Gasteiger partial charge in [0.1, 0.15) is 10.1 Å². The second kappa shape index (κ2) is 8.13. The molecule has 0 saturated heterocycles. The van der Waals surface area contributed by atoms with Crippen LogP contribution >= 0.6 is 24.0 Å². The number of ether oxygens (including phenoxy) is 1. The van der Waals surface area contributed by atoms with Gasteiger partial charge >= 0.3 is 5.97 Å². The summed E-state index contributed by atoms with van der Waals surface area (Å²) in [7, 11) is 0. The Kier molecular flexibility index (Phi) is 6.19. The third kappa shape index (κ3) is 4.56. The Bertz CT molecular complexity index is 701. The van der Waals surface area contributed by atoms with Gasteiger partial charge in [-0.2, -0.15) is 0 Å². The van der Waals surface area contributed by atoms with Crippen molar-refractivity contribution in [2.24, 2.45) is 0 Å². The molecule has 0 spiro atoms. The lowest BCUT2D eigenvalue weighted by Crippen LogP contribution is -2.26. The number of esters is 1. The zero-order chi connectivity index (χ0) is 16.8. The van der Waals surface area contributed by atoms with Crippen LogP contribution in [0, 0.1) is 6.92 Å². The molecule has 0 heterocycles. The zero-order valence-electron chi connectivity index (χ0n) is 13.4. The molecule has 120 valence electrons. The van der Waals surface area contributed by atoms with Crippen LogP contribution in [0.1, 0.15) is 19.4 Å². The van der Waals surface area contributed by atoms with Gasteiger partial charge in [-0.1, -0.05) is 54.3 Å². The fourth-order valence-corrected chi connectivity index (χ4v) is 3.60. The van der Waals surface area contributed by atoms with Gasteiger partial charge in [0.05, 0.1) is 4.90 Å². The molecule has 0 radical (unpaired) electrons. The van der Waals surface area contributed by atoms with Gasteiger partial charge in [-0.25, -0.2) is 0 Å². The van der Waals surface area contributed by atoms with Crippen LogP contribution in [-0.2, 0) is 4.79 Å². The fourth-order valence-electron chi connectivity index (χ4n) is 2.16. The van der Waals surface area contributed by atoms with Crippen molar-refractivity contribution in [3.63, 3.8) is 0 Å². The molecule has 0 atom stereocenters. The monoisotopic (exact) mass is 345 g/mol. The van der Waals surface area contributed by atoms with Crippen molar-refractivity contribution in [2.75, 3.05) is 11.4 Å². The summed E-state index contributed by atoms with van der Waals surface area (Å²) < 4.78 is 6.03. The van der Waals surface area contributed by atoms with Gasteiger partial charge in [-0.05, 0) is 37.6 Å². The maximum absolute atomic E-state index is 11.3. The van der Waals surface area contributed by atoms with Gasteiger partial charge < -0.3 is 9.64 Å². The molecule has 2 aromatic rings. The molecule has 0 saturated carbocycles. The van der Waals surface area contributed by atoms with Crippen molar-refractivity contribution in [1.29, 1.82) is 0 Å². The molecular formula is C18H19NO2S2. The zero-order valence-corrected chi connectivity index (χ0v) is 15.0. The van der Waals surface area contributed by atoms with Crippen molar-refractivity contribution in [1.82, 2.24) is 0 Å². The third-order valence-corrected chi connectivity index (χ3v) is 4.82. The standard InChI is InChI=1S/C18H19NO2S2/c1-4-19(15-10-6-5-7-11-15)18(22)23-17-13(2)9-8-12-16(17)21-14(3)20/h5-12H,4H2,1-3H3. The van der Waals surface area contributed by atoms with E-state index in [-0.39, 0.29) is 5.97 Å². The first-order valence-electron chi connectivity index (χ1n) is 7.35. The first-order chi connectivity index (χ1) is 11.0. The number of hydrogen-bond acceptors (Lipinski definition) is 4. The number of nitrogens with zero attached hydrogens (tertiary/aromatic N) is 1. The number of carbonyl (C=O) groups excluding carboxylic acids is 1. The van der Waals surface area contributed by atoms with Crippen LogP contribution in [0.4, 0.5) is 5.69 Å². The minimum atomic E-state index is -0.334. The van der Waals surface area contributed by atoms with E-state index in [4.69, 9.17) is 17.0 Å². The number of anilines is 1. The molecule has 3 nitrogen and oxygen atoms in total. The summed E-state index contributed by atoms with van der Waals surface area (Å²) in [5, 5.41) is 0. The number of thiocarbonyl (C=S) groups is 1. The molecule has 0 bridgehead atoms. The van der Waals surface area contributed by atoms with E-state index >= 15 is 0 Å². The van der Waals surface area contributed by atoms with E-state index in [1.54, 1.807) is 6.07 Å². The number of aryl methyl sites for hydroxylation is 1. The molecular weight excluding hydrogens is 326 g/mol. The lowest BCUT2D eigenvalue weighted by Gasteiger charge is -2.24. The van der Waals surface area contributed by atoms with Crippen molar-refractivity contribution in [2.45, 2.75) is 25.7 Å². The number of carbonyl (C=O) groups is 1. The van der Waals surface area contributed by atoms with Crippen molar-refractivity contribution < 1.29 is 9.53 Å². The van der Waals surface area contributed by atoms with Crippen LogP contribution in [0.3, 0.4) is 0 Å². The Balaban J connectivity index is 2.27. The molecule has 2 rings (SSSR count). The molecule has 0 N–H and O–H groups in total. The summed E-state index contributed by atoms with van der Waals surface area (Å²) >= 11 is 7.07. The molecule has 0 fully saturated rings. The average molecular weight is 345 g/mol. The van der Waals surface area contributed by atoms with Crippen molar-refractivity contribution in [3.05, 3.63) is 54.1 Å². The number of para-hydroxylation sites is 1. The number of hydrogen-bond donors (Lipinski definition) is 0. The molecule has 23 heavy (non-hydrogen) atoms. The van der Waals surface area contributed by atoms with E-state index < -0.39 is 0 Å². The number of rotatable bonds is 4. The highest BCUT2D eigenvalue weighted by Gasteiger charge is 2.16. The van der Waals surface area contributed by atoms with Crippen molar-refractivity contribution in [3.8, 4) is 5.75 Å². The maximum Gasteiger partial charge on any atom is 0.308 e. The maximum atomic E-state index is 11.3. The topological polar surface area (TPSA) is 29.5 Å². The predicted octanol–water partition coefficient (Wildman–Crippen LogP) is 4.82. The molecule has 5 heteroatoms. The molecule has 0 amide bonds. The highest BCUT2D eigenvalue weighted by atomic mass is 32.2. The van der Waals surface area contributed by atoms with E-state index in [1.807, 2.05) is 49.4 Å². The molecule has 0 aliphatic heterocycles. The Morgan fingerprint density at radius 3 is 2.48 bits per heavy atom. The average Bonchev–Trinajstić information content (AvgIpc) is 2.52. The number of benzene rings is 2. The van der Waals surface area contributed by atoms with Gasteiger partial charge in [0.15, 0.2) is 0 Å². The smallest absolute Gasteiger partial charge is 0.308 e. The summed E-state index contributed by atoms with van der Waals surface area (Å²) in [6, 6.07) is 15.7. The summed E-state index contributed by atoms with van der Waals surface area (Å²) in [5.74, 6) is 0.216. The van der Waals surface area contributed by atoms with E-state index in [9.17, 15) is 4.79 Å². The Morgan fingerprint density at radius 1 is 1.17 bits per heavy atom. The normalized spacial score (nSPS) is 10.2. The molecule has 0 aromatic heterocycles. The Labute approximate surface area is 146 Å². The van der Waals surface area contributed by atoms with Gasteiger partial charge in [-0.15, -0.1) is 0 Å². The summed E-state index contributed by atoms with van der Waals surface area (Å²) in [6.07, 6.45) is 0. The number of thioether (sulfide) groups is 1. The summed E-state index contributed by atoms with van der Waals surface area (Å²) in [4.78, 5) is 14.2. The fraction of sp³-hybridized carbons (Fsp3) is 0.222. The van der Waals surface area contributed by atoms with Gasteiger partial charge in [0.25, 0.3) is 0 Å². The largest absolute Gasteiger partial charge is 0.426 e. The lowest BCUT2D eigenvalue weighted by atomic mass is 10.2. The third-order valence-electron chi connectivity index (χ3n) is 3.22. The van der Waals surface area contributed by atoms with Crippen LogP contribution in [0.2, 0.25) is 0 Å². The van der Waals surface area contributed by atoms with Gasteiger partial charge in [0.2, 0.25) is 0 Å². The molecule has 0 aliphatic carbocycles. The van der Waals surface area contributed by atoms with Crippen LogP contribution < -0.4 is 9.64 Å². The minimum absolute atomic E-state index is 0.334. The van der Waals surface area contributed by atoms with E-state index in [2.05, 4.69) is 11.8 Å². The minimum Gasteiger partial charge on any atom is -0.426 e. The SMILES string of the molecule is CCN(C(=S)Sc1c(C)cccc1OC(C)=O)c1ccccc1. The summed E-state index contributed by atoms with van der Waals surface area (Å²) in [5.41, 5.74) is 2.08. The van der Waals surface area contributed by atoms with E-state index in [0.717, 1.165) is 27.0 Å². The van der Waals surface area contributed by atoms with Crippen LogP contribution in [0.25, 0.3) is 0 Å². The quantitative estimate of drug-likeness (QED) is 0.343. The van der Waals surface area contributed by atoms with Crippen LogP contribution in [-0.4, -0.2) is 16.8 Å². The predicted molar refractivity (Wildman–Crippen MR) is 100 cm³/mol. The van der Waals surface area contributed by atoms with Crippen LogP contribution in [0.5, 0.6) is 5.75 Å². The molecule has 0 unspecified atom stereocenters. The Morgan fingerprint density at radius 2 is 1.87 bits per heavy atom. The molecule has 2 aromatic carbocycles. The second-order valence-electron chi connectivity index (χ2n) is 4.94. The van der Waals surface area contributed by atoms with Crippen molar-refractivity contribution >= 4 is 40.0 Å². The Hall–Kier alpha value is -1.85. The molecule has 0 aliphatic rings. The van der Waals surface area contributed by atoms with Crippen LogP contribution in [0.15, 0.2) is 53.4 Å². The lowest BCUT2D eigenvalue weighted by molar-refractivity contribution is -0.132. The van der Waals surface area contributed by atoms with Gasteiger partial charge in [0, 0.05) is 19.2 Å². The highest BCUT2D eigenvalue weighted by molar-refractivity contribution is 8.23. The second-order valence-corrected chi connectivity index (χ2v) is 6.59. The summed E-state index contributed by atoms with van der Waals surface area (Å²) in [6.45, 7) is 6.21. The highest BCUT2D eigenvalue weighted by Crippen LogP contribution is 2.35. The van der Waals surface area contributed by atoms with E-state index in [0.29, 0.717) is 5.75 Å². The first kappa shape index (κ1) is 17.5. The van der Waals surface area contributed by atoms with E-state index in [1.165, 1.54) is 18.7 Å².